The molecule has 2 heterocycles. The zero-order valence-corrected chi connectivity index (χ0v) is 14.4. The van der Waals surface area contributed by atoms with E-state index in [9.17, 15) is 13.5 Å². The van der Waals surface area contributed by atoms with Gasteiger partial charge in [-0.2, -0.15) is 12.7 Å². The molecule has 130 valence electrons. The van der Waals surface area contributed by atoms with Crippen molar-refractivity contribution >= 4 is 10.2 Å². The Balaban J connectivity index is 1.69. The van der Waals surface area contributed by atoms with Crippen molar-refractivity contribution in [2.24, 2.45) is 0 Å². The van der Waals surface area contributed by atoms with Crippen molar-refractivity contribution < 1.29 is 13.5 Å². The molecule has 0 bridgehead atoms. The van der Waals surface area contributed by atoms with Crippen molar-refractivity contribution in [3.05, 3.63) is 0 Å². The van der Waals surface area contributed by atoms with E-state index in [1.54, 1.807) is 0 Å². The molecule has 2 N–H and O–H groups in total. The first kappa shape index (κ1) is 18.1. The average molecular weight is 334 g/mol. The van der Waals surface area contributed by atoms with Gasteiger partial charge >= 0.3 is 0 Å². The number of hydrogen-bond acceptors (Lipinski definition) is 5. The Labute approximate surface area is 134 Å². The molecule has 0 radical (unpaired) electrons. The van der Waals surface area contributed by atoms with Crippen LogP contribution in [-0.4, -0.2) is 93.1 Å². The van der Waals surface area contributed by atoms with Crippen LogP contribution in [-0.2, 0) is 10.2 Å². The first-order valence-corrected chi connectivity index (χ1v) is 9.75. The van der Waals surface area contributed by atoms with Gasteiger partial charge in [0.1, 0.15) is 0 Å². The summed E-state index contributed by atoms with van der Waals surface area (Å²) >= 11 is 0. The SMILES string of the molecule is CN1CCN(S(=O)(=O)NCCCN2CCCCC2CO)CC1. The number of rotatable bonds is 7. The highest BCUT2D eigenvalue weighted by Crippen LogP contribution is 2.16. The maximum absolute atomic E-state index is 12.2. The fourth-order valence-corrected chi connectivity index (χ4v) is 4.39. The zero-order chi connectivity index (χ0) is 16.0. The summed E-state index contributed by atoms with van der Waals surface area (Å²) in [7, 11) is -1.33. The Morgan fingerprint density at radius 2 is 1.86 bits per heavy atom. The van der Waals surface area contributed by atoms with Crippen LogP contribution in [0.5, 0.6) is 0 Å². The molecule has 2 aliphatic rings. The molecule has 0 amide bonds. The molecule has 2 aliphatic heterocycles. The lowest BCUT2D eigenvalue weighted by atomic mass is 10.0. The summed E-state index contributed by atoms with van der Waals surface area (Å²) in [4.78, 5) is 4.42. The second-order valence-corrected chi connectivity index (χ2v) is 8.08. The Morgan fingerprint density at radius 1 is 1.14 bits per heavy atom. The van der Waals surface area contributed by atoms with E-state index in [1.165, 1.54) is 17.1 Å². The van der Waals surface area contributed by atoms with Gasteiger partial charge in [0, 0.05) is 38.8 Å². The number of likely N-dealkylation sites (tertiary alicyclic amines) is 1. The van der Waals surface area contributed by atoms with Gasteiger partial charge in [0.05, 0.1) is 6.61 Å². The lowest BCUT2D eigenvalue weighted by Gasteiger charge is -2.34. The summed E-state index contributed by atoms with van der Waals surface area (Å²) in [6.45, 7) is 5.21. The highest BCUT2D eigenvalue weighted by molar-refractivity contribution is 7.87. The molecule has 0 aromatic carbocycles. The summed E-state index contributed by atoms with van der Waals surface area (Å²) in [5, 5.41) is 9.38. The summed E-state index contributed by atoms with van der Waals surface area (Å²) in [6, 6.07) is 0.253. The molecule has 0 aromatic rings. The third-order valence-electron chi connectivity index (χ3n) is 4.67. The monoisotopic (exact) mass is 334 g/mol. The molecular weight excluding hydrogens is 304 g/mol. The van der Waals surface area contributed by atoms with Gasteiger partial charge in [-0.3, -0.25) is 4.90 Å². The summed E-state index contributed by atoms with van der Waals surface area (Å²) in [6.07, 6.45) is 4.17. The minimum atomic E-state index is -3.34. The number of aliphatic hydroxyl groups excluding tert-OH is 1. The Hall–Kier alpha value is -0.250. The summed E-state index contributed by atoms with van der Waals surface area (Å²) in [5.74, 6) is 0. The number of likely N-dealkylation sites (N-methyl/N-ethyl adjacent to an activating group) is 1. The van der Waals surface area contributed by atoms with E-state index in [0.29, 0.717) is 19.6 Å². The maximum Gasteiger partial charge on any atom is 0.279 e. The lowest BCUT2D eigenvalue weighted by molar-refractivity contribution is 0.0896. The van der Waals surface area contributed by atoms with Gasteiger partial charge in [-0.05, 0) is 39.4 Å². The molecule has 0 aliphatic carbocycles. The smallest absolute Gasteiger partial charge is 0.279 e. The maximum atomic E-state index is 12.2. The number of nitrogens with one attached hydrogen (secondary N) is 1. The normalized spacial score (nSPS) is 26.4. The first-order chi connectivity index (χ1) is 10.5. The molecule has 0 saturated carbocycles. The molecule has 2 rings (SSSR count). The average Bonchev–Trinajstić information content (AvgIpc) is 2.52. The van der Waals surface area contributed by atoms with Crippen LogP contribution in [0.2, 0.25) is 0 Å². The van der Waals surface area contributed by atoms with Gasteiger partial charge < -0.3 is 10.0 Å². The van der Waals surface area contributed by atoms with E-state index in [4.69, 9.17) is 0 Å². The molecule has 2 saturated heterocycles. The van der Waals surface area contributed by atoms with E-state index in [0.717, 1.165) is 39.0 Å². The van der Waals surface area contributed by atoms with Gasteiger partial charge in [0.2, 0.25) is 0 Å². The quantitative estimate of drug-likeness (QED) is 0.603. The Morgan fingerprint density at radius 3 is 2.55 bits per heavy atom. The number of hydrogen-bond donors (Lipinski definition) is 2. The number of aliphatic hydroxyl groups is 1. The standard InChI is InChI=1S/C14H30N4O3S/c1-16-9-11-18(12-10-16)22(20,21)15-6-4-8-17-7-3-2-5-14(17)13-19/h14-15,19H,2-13H2,1H3. The number of nitrogens with zero attached hydrogens (tertiary/aromatic N) is 3. The first-order valence-electron chi connectivity index (χ1n) is 8.31. The van der Waals surface area contributed by atoms with Crippen LogP contribution < -0.4 is 4.72 Å². The van der Waals surface area contributed by atoms with Gasteiger partial charge in [0.25, 0.3) is 10.2 Å². The predicted molar refractivity (Wildman–Crippen MR) is 86.9 cm³/mol. The fraction of sp³-hybridized carbons (Fsp3) is 1.00. The Bertz CT molecular complexity index is 424. The lowest BCUT2D eigenvalue weighted by Crippen LogP contribution is -2.51. The van der Waals surface area contributed by atoms with Crippen LogP contribution >= 0.6 is 0 Å². The third kappa shape index (κ3) is 5.14. The van der Waals surface area contributed by atoms with Crippen LogP contribution in [0.3, 0.4) is 0 Å². The molecule has 0 aromatic heterocycles. The van der Waals surface area contributed by atoms with Crippen LogP contribution in [0.25, 0.3) is 0 Å². The van der Waals surface area contributed by atoms with E-state index in [-0.39, 0.29) is 12.6 Å². The minimum absolute atomic E-state index is 0.201. The van der Waals surface area contributed by atoms with Crippen LogP contribution in [0.4, 0.5) is 0 Å². The molecular formula is C14H30N4O3S. The second-order valence-electron chi connectivity index (χ2n) is 6.32. The molecule has 22 heavy (non-hydrogen) atoms. The Kier molecular flexibility index (Phi) is 7.04. The third-order valence-corrected chi connectivity index (χ3v) is 6.28. The summed E-state index contributed by atoms with van der Waals surface area (Å²) in [5.41, 5.74) is 0. The van der Waals surface area contributed by atoms with Gasteiger partial charge in [-0.25, -0.2) is 4.72 Å². The van der Waals surface area contributed by atoms with Crippen molar-refractivity contribution in [3.63, 3.8) is 0 Å². The topological polar surface area (TPSA) is 76.1 Å². The second kappa shape index (κ2) is 8.56. The van der Waals surface area contributed by atoms with Crippen molar-refractivity contribution in [1.29, 1.82) is 0 Å². The van der Waals surface area contributed by atoms with Crippen molar-refractivity contribution in [1.82, 2.24) is 18.8 Å². The van der Waals surface area contributed by atoms with Crippen molar-refractivity contribution in [2.75, 3.05) is 59.5 Å². The predicted octanol–water partition coefficient (Wildman–Crippen LogP) is -0.695. The molecule has 8 heteroatoms. The van der Waals surface area contributed by atoms with Gasteiger partial charge in [-0.1, -0.05) is 6.42 Å². The fourth-order valence-electron chi connectivity index (χ4n) is 3.16. The van der Waals surface area contributed by atoms with E-state index in [1.807, 2.05) is 7.05 Å². The van der Waals surface area contributed by atoms with Gasteiger partial charge in [-0.15, -0.1) is 0 Å². The molecule has 7 nitrogen and oxygen atoms in total. The number of piperazine rings is 1. The zero-order valence-electron chi connectivity index (χ0n) is 13.6. The molecule has 1 atom stereocenters. The van der Waals surface area contributed by atoms with Crippen LogP contribution in [0.1, 0.15) is 25.7 Å². The highest BCUT2D eigenvalue weighted by atomic mass is 32.2. The van der Waals surface area contributed by atoms with Gasteiger partial charge in [0.15, 0.2) is 0 Å². The molecule has 2 fully saturated rings. The number of piperidine rings is 1. The van der Waals surface area contributed by atoms with E-state index < -0.39 is 10.2 Å². The molecule has 1 unspecified atom stereocenters. The van der Waals surface area contributed by atoms with Crippen LogP contribution in [0.15, 0.2) is 0 Å². The van der Waals surface area contributed by atoms with Crippen molar-refractivity contribution in [3.8, 4) is 0 Å². The van der Waals surface area contributed by atoms with Crippen LogP contribution in [0, 0.1) is 0 Å². The van der Waals surface area contributed by atoms with E-state index >= 15 is 0 Å². The minimum Gasteiger partial charge on any atom is -0.395 e. The van der Waals surface area contributed by atoms with Crippen molar-refractivity contribution in [2.45, 2.75) is 31.7 Å². The summed E-state index contributed by atoms with van der Waals surface area (Å²) < 4.78 is 28.7. The van der Waals surface area contributed by atoms with E-state index in [2.05, 4.69) is 14.5 Å². The highest BCUT2D eigenvalue weighted by Gasteiger charge is 2.25. The molecule has 0 spiro atoms. The largest absolute Gasteiger partial charge is 0.395 e.